The average Bonchev–Trinajstić information content (AvgIpc) is 1.85. The number of carboxylic acids is 1. The SMILES string of the molecule is COC(=O)C(C)=CC(=O)[O-]. The molecule has 0 rings (SSSR count). The molecule has 0 aliphatic carbocycles. The zero-order valence-electron chi connectivity index (χ0n) is 5.71. The van der Waals surface area contributed by atoms with E-state index in [0.717, 1.165) is 0 Å². The summed E-state index contributed by atoms with van der Waals surface area (Å²) in [5.74, 6) is -2.06. The predicted molar refractivity (Wildman–Crippen MR) is 30.8 cm³/mol. The van der Waals surface area contributed by atoms with E-state index in [0.29, 0.717) is 6.08 Å². The van der Waals surface area contributed by atoms with Crippen LogP contribution in [-0.4, -0.2) is 19.0 Å². The highest BCUT2D eigenvalue weighted by Gasteiger charge is 2.00. The summed E-state index contributed by atoms with van der Waals surface area (Å²) in [6.45, 7) is 1.33. The van der Waals surface area contributed by atoms with E-state index in [-0.39, 0.29) is 5.57 Å². The maximum Gasteiger partial charge on any atom is 0.333 e. The molecular formula is C6H7O4-. The lowest BCUT2D eigenvalue weighted by atomic mass is 10.3. The van der Waals surface area contributed by atoms with Crippen LogP contribution in [0.15, 0.2) is 11.6 Å². The van der Waals surface area contributed by atoms with Crippen molar-refractivity contribution in [3.05, 3.63) is 11.6 Å². The minimum Gasteiger partial charge on any atom is -0.545 e. The lowest BCUT2D eigenvalue weighted by Gasteiger charge is -1.97. The topological polar surface area (TPSA) is 66.4 Å². The normalized spacial score (nSPS) is 10.8. The van der Waals surface area contributed by atoms with Crippen molar-refractivity contribution in [2.75, 3.05) is 7.11 Å². The number of carboxylic acid groups (broad SMARTS) is 1. The summed E-state index contributed by atoms with van der Waals surface area (Å²) in [4.78, 5) is 20.3. The Labute approximate surface area is 58.1 Å². The van der Waals surface area contributed by atoms with Gasteiger partial charge in [-0.1, -0.05) is 0 Å². The van der Waals surface area contributed by atoms with Crippen LogP contribution in [0.4, 0.5) is 0 Å². The molecule has 0 aromatic carbocycles. The van der Waals surface area contributed by atoms with Gasteiger partial charge in [-0.05, 0) is 13.0 Å². The standard InChI is InChI=1S/C6H8O4/c1-4(3-5(7)8)6(9)10-2/h3H,1-2H3,(H,7,8)/p-1. The fraction of sp³-hybridized carbons (Fsp3) is 0.333. The molecule has 0 radical (unpaired) electrons. The first kappa shape index (κ1) is 8.68. The van der Waals surface area contributed by atoms with E-state index in [1.165, 1.54) is 14.0 Å². The third-order valence-corrected chi connectivity index (χ3v) is 0.842. The van der Waals surface area contributed by atoms with Crippen LogP contribution in [0.5, 0.6) is 0 Å². The molecule has 0 saturated carbocycles. The molecule has 56 valence electrons. The van der Waals surface area contributed by atoms with Crippen molar-refractivity contribution in [1.82, 2.24) is 0 Å². The summed E-state index contributed by atoms with van der Waals surface area (Å²) in [5.41, 5.74) is 0.0162. The van der Waals surface area contributed by atoms with E-state index in [2.05, 4.69) is 4.74 Å². The molecule has 0 heterocycles. The summed E-state index contributed by atoms with van der Waals surface area (Å²) >= 11 is 0. The number of methoxy groups -OCH3 is 1. The van der Waals surface area contributed by atoms with Crippen molar-refractivity contribution in [3.8, 4) is 0 Å². The van der Waals surface area contributed by atoms with Crippen LogP contribution in [0.2, 0.25) is 0 Å². The second-order valence-electron chi connectivity index (χ2n) is 1.64. The molecule has 0 unspecified atom stereocenters. The van der Waals surface area contributed by atoms with Gasteiger partial charge in [0.2, 0.25) is 0 Å². The first-order valence-electron chi connectivity index (χ1n) is 2.55. The van der Waals surface area contributed by atoms with Gasteiger partial charge < -0.3 is 14.6 Å². The van der Waals surface area contributed by atoms with Gasteiger partial charge in [0.25, 0.3) is 0 Å². The highest BCUT2D eigenvalue weighted by atomic mass is 16.5. The Morgan fingerprint density at radius 3 is 2.30 bits per heavy atom. The van der Waals surface area contributed by atoms with Crippen LogP contribution in [0.25, 0.3) is 0 Å². The number of rotatable bonds is 2. The molecule has 0 aromatic rings. The molecule has 0 atom stereocenters. The van der Waals surface area contributed by atoms with E-state index >= 15 is 0 Å². The van der Waals surface area contributed by atoms with Crippen molar-refractivity contribution in [2.24, 2.45) is 0 Å². The number of hydrogen-bond acceptors (Lipinski definition) is 4. The van der Waals surface area contributed by atoms with Crippen LogP contribution in [0, 0.1) is 0 Å². The number of ether oxygens (including phenoxy) is 1. The first-order chi connectivity index (χ1) is 4.57. The molecule has 0 aromatic heterocycles. The predicted octanol–water partition coefficient (Wildman–Crippen LogP) is -1.14. The van der Waals surface area contributed by atoms with Gasteiger partial charge in [0, 0.05) is 5.57 Å². The highest BCUT2D eigenvalue weighted by Crippen LogP contribution is 1.92. The summed E-state index contributed by atoms with van der Waals surface area (Å²) in [5, 5.41) is 9.83. The molecule has 0 N–H and O–H groups in total. The molecule has 0 aliphatic heterocycles. The smallest absolute Gasteiger partial charge is 0.333 e. The molecule has 0 amide bonds. The summed E-state index contributed by atoms with van der Waals surface area (Å²) in [6.07, 6.45) is 0.686. The summed E-state index contributed by atoms with van der Waals surface area (Å²) in [6, 6.07) is 0. The van der Waals surface area contributed by atoms with Gasteiger partial charge >= 0.3 is 5.97 Å². The second-order valence-corrected chi connectivity index (χ2v) is 1.64. The molecule has 0 aliphatic rings. The van der Waals surface area contributed by atoms with Gasteiger partial charge in [-0.15, -0.1) is 0 Å². The van der Waals surface area contributed by atoms with E-state index in [9.17, 15) is 14.7 Å². The average molecular weight is 143 g/mol. The molecule has 0 bridgehead atoms. The number of carbonyl (C=O) groups excluding carboxylic acids is 2. The van der Waals surface area contributed by atoms with Crippen molar-refractivity contribution in [2.45, 2.75) is 6.92 Å². The number of esters is 1. The first-order valence-corrected chi connectivity index (χ1v) is 2.55. The van der Waals surface area contributed by atoms with Crippen molar-refractivity contribution < 1.29 is 19.4 Å². The second kappa shape index (κ2) is 3.66. The molecule has 0 fully saturated rings. The Morgan fingerprint density at radius 1 is 1.50 bits per heavy atom. The Morgan fingerprint density at radius 2 is 2.00 bits per heavy atom. The maximum absolute atomic E-state index is 10.5. The summed E-state index contributed by atoms with van der Waals surface area (Å²) in [7, 11) is 1.18. The van der Waals surface area contributed by atoms with Crippen LogP contribution in [0.3, 0.4) is 0 Å². The molecule has 0 spiro atoms. The van der Waals surface area contributed by atoms with Gasteiger partial charge in [0.15, 0.2) is 0 Å². The fourth-order valence-corrected chi connectivity index (χ4v) is 0.397. The molecule has 0 saturated heterocycles. The number of aliphatic carboxylic acids is 1. The molecule has 10 heavy (non-hydrogen) atoms. The monoisotopic (exact) mass is 143 g/mol. The van der Waals surface area contributed by atoms with Gasteiger partial charge in [0.05, 0.1) is 13.1 Å². The van der Waals surface area contributed by atoms with Crippen molar-refractivity contribution in [3.63, 3.8) is 0 Å². The Bertz CT molecular complexity index is 180. The van der Waals surface area contributed by atoms with E-state index in [1.54, 1.807) is 0 Å². The maximum atomic E-state index is 10.5. The van der Waals surface area contributed by atoms with E-state index in [1.807, 2.05) is 0 Å². The lowest BCUT2D eigenvalue weighted by molar-refractivity contribution is -0.297. The highest BCUT2D eigenvalue weighted by molar-refractivity contribution is 5.94. The van der Waals surface area contributed by atoms with Gasteiger partial charge in [-0.2, -0.15) is 0 Å². The van der Waals surface area contributed by atoms with E-state index < -0.39 is 11.9 Å². The van der Waals surface area contributed by atoms with Gasteiger partial charge in [-0.25, -0.2) is 4.79 Å². The lowest BCUT2D eigenvalue weighted by Crippen LogP contribution is -2.20. The third kappa shape index (κ3) is 2.86. The van der Waals surface area contributed by atoms with Gasteiger partial charge in [-0.3, -0.25) is 0 Å². The molecular weight excluding hydrogens is 136 g/mol. The fourth-order valence-electron chi connectivity index (χ4n) is 0.397. The molecule has 4 nitrogen and oxygen atoms in total. The Kier molecular flexibility index (Phi) is 3.17. The third-order valence-electron chi connectivity index (χ3n) is 0.842. The molecule has 4 heteroatoms. The largest absolute Gasteiger partial charge is 0.545 e. The zero-order valence-corrected chi connectivity index (χ0v) is 5.71. The van der Waals surface area contributed by atoms with Crippen LogP contribution < -0.4 is 5.11 Å². The Hall–Kier alpha value is -1.32. The van der Waals surface area contributed by atoms with Crippen molar-refractivity contribution in [1.29, 1.82) is 0 Å². The van der Waals surface area contributed by atoms with Crippen LogP contribution in [-0.2, 0) is 14.3 Å². The van der Waals surface area contributed by atoms with E-state index in [4.69, 9.17) is 0 Å². The minimum atomic E-state index is -1.40. The summed E-state index contributed by atoms with van der Waals surface area (Å²) < 4.78 is 4.21. The number of carbonyl (C=O) groups is 2. The van der Waals surface area contributed by atoms with Crippen LogP contribution >= 0.6 is 0 Å². The zero-order chi connectivity index (χ0) is 8.15. The minimum absolute atomic E-state index is 0.0162. The van der Waals surface area contributed by atoms with Crippen LogP contribution in [0.1, 0.15) is 6.92 Å². The quantitative estimate of drug-likeness (QED) is 0.362. The van der Waals surface area contributed by atoms with Gasteiger partial charge in [0.1, 0.15) is 0 Å². The Balaban J connectivity index is 4.19. The van der Waals surface area contributed by atoms with Crippen molar-refractivity contribution >= 4 is 11.9 Å². The number of hydrogen-bond donors (Lipinski definition) is 0.